The van der Waals surface area contributed by atoms with Gasteiger partial charge in [-0.3, -0.25) is 9.59 Å². The first kappa shape index (κ1) is 18.8. The zero-order valence-electron chi connectivity index (χ0n) is 14.2. The van der Waals surface area contributed by atoms with Crippen molar-refractivity contribution < 1.29 is 19.5 Å². The number of nitrogens with one attached hydrogen (secondary N) is 2. The monoisotopic (exact) mass is 388 g/mol. The average molecular weight is 389 g/mol. The Labute approximate surface area is 160 Å². The molecule has 1 heterocycles. The molecule has 8 nitrogen and oxygen atoms in total. The highest BCUT2D eigenvalue weighted by Gasteiger charge is 2.21. The highest BCUT2D eigenvalue weighted by atomic mass is 35.5. The molecule has 1 fully saturated rings. The van der Waals surface area contributed by atoms with Gasteiger partial charge in [-0.25, -0.2) is 14.8 Å². The van der Waals surface area contributed by atoms with Gasteiger partial charge in [0.15, 0.2) is 11.4 Å². The summed E-state index contributed by atoms with van der Waals surface area (Å²) in [6.45, 7) is 0. The Morgan fingerprint density at radius 2 is 1.70 bits per heavy atom. The van der Waals surface area contributed by atoms with E-state index in [-0.39, 0.29) is 22.7 Å². The minimum atomic E-state index is -1.36. The second-order valence-electron chi connectivity index (χ2n) is 6.16. The van der Waals surface area contributed by atoms with E-state index in [0.29, 0.717) is 11.3 Å². The van der Waals surface area contributed by atoms with E-state index < -0.39 is 17.6 Å². The molecular formula is C18H17ClN4O4. The number of amides is 2. The maximum absolute atomic E-state index is 12.3. The van der Waals surface area contributed by atoms with Gasteiger partial charge < -0.3 is 15.7 Å². The molecule has 1 aromatic heterocycles. The van der Waals surface area contributed by atoms with Crippen LogP contribution in [0.25, 0.3) is 0 Å². The molecular weight excluding hydrogens is 372 g/mol. The number of hydrogen-bond donors (Lipinski definition) is 3. The molecule has 1 aromatic carbocycles. The topological polar surface area (TPSA) is 121 Å². The van der Waals surface area contributed by atoms with Gasteiger partial charge in [0.1, 0.15) is 0 Å². The number of halogens is 1. The van der Waals surface area contributed by atoms with E-state index in [4.69, 9.17) is 16.7 Å². The SMILES string of the molecule is O=C(NC1CCCC1)c1ccc(NC(=O)c2nccnc2C(=O)O)cc1Cl. The highest BCUT2D eigenvalue weighted by Crippen LogP contribution is 2.23. The molecule has 2 amide bonds. The minimum Gasteiger partial charge on any atom is -0.476 e. The summed E-state index contributed by atoms with van der Waals surface area (Å²) in [7, 11) is 0. The van der Waals surface area contributed by atoms with E-state index in [2.05, 4.69) is 20.6 Å². The summed E-state index contributed by atoms with van der Waals surface area (Å²) < 4.78 is 0. The lowest BCUT2D eigenvalue weighted by Gasteiger charge is -2.13. The lowest BCUT2D eigenvalue weighted by molar-refractivity contribution is 0.0684. The van der Waals surface area contributed by atoms with Crippen molar-refractivity contribution in [1.82, 2.24) is 15.3 Å². The molecule has 0 bridgehead atoms. The van der Waals surface area contributed by atoms with Crippen molar-refractivity contribution in [3.05, 3.63) is 52.6 Å². The van der Waals surface area contributed by atoms with Crippen LogP contribution in [0.3, 0.4) is 0 Å². The smallest absolute Gasteiger partial charge is 0.356 e. The van der Waals surface area contributed by atoms with Crippen molar-refractivity contribution in [2.24, 2.45) is 0 Å². The van der Waals surface area contributed by atoms with Crippen molar-refractivity contribution >= 4 is 35.1 Å². The third kappa shape index (κ3) is 4.40. The fourth-order valence-electron chi connectivity index (χ4n) is 2.96. The summed E-state index contributed by atoms with van der Waals surface area (Å²) in [6, 6.07) is 4.63. The zero-order valence-corrected chi connectivity index (χ0v) is 15.0. The molecule has 1 saturated carbocycles. The van der Waals surface area contributed by atoms with Gasteiger partial charge >= 0.3 is 5.97 Å². The van der Waals surface area contributed by atoms with Crippen molar-refractivity contribution in [3.8, 4) is 0 Å². The van der Waals surface area contributed by atoms with E-state index in [1.54, 1.807) is 0 Å². The average Bonchev–Trinajstić information content (AvgIpc) is 3.14. The Hall–Kier alpha value is -3.00. The van der Waals surface area contributed by atoms with Gasteiger partial charge in [0, 0.05) is 24.1 Å². The maximum atomic E-state index is 12.3. The second-order valence-corrected chi connectivity index (χ2v) is 6.57. The lowest BCUT2D eigenvalue weighted by atomic mass is 10.1. The molecule has 3 rings (SSSR count). The Bertz CT molecular complexity index is 897. The number of carbonyl (C=O) groups excluding carboxylic acids is 2. The summed E-state index contributed by atoms with van der Waals surface area (Å²) in [5.74, 6) is -2.35. The van der Waals surface area contributed by atoms with Crippen LogP contribution >= 0.6 is 11.6 Å². The Kier molecular flexibility index (Phi) is 5.66. The first-order chi connectivity index (χ1) is 13.0. The molecule has 140 valence electrons. The molecule has 0 unspecified atom stereocenters. The van der Waals surface area contributed by atoms with E-state index in [9.17, 15) is 14.4 Å². The third-order valence-electron chi connectivity index (χ3n) is 4.28. The lowest BCUT2D eigenvalue weighted by Crippen LogP contribution is -2.32. The van der Waals surface area contributed by atoms with Crippen LogP contribution in [0, 0.1) is 0 Å². The van der Waals surface area contributed by atoms with Crippen LogP contribution in [0.2, 0.25) is 5.02 Å². The van der Waals surface area contributed by atoms with Crippen LogP contribution in [0.1, 0.15) is 57.0 Å². The van der Waals surface area contributed by atoms with Gasteiger partial charge in [-0.15, -0.1) is 0 Å². The number of rotatable bonds is 5. The summed E-state index contributed by atoms with van der Waals surface area (Å²) in [4.78, 5) is 43.2. The molecule has 3 N–H and O–H groups in total. The van der Waals surface area contributed by atoms with Gasteiger partial charge in [0.2, 0.25) is 0 Å². The molecule has 2 aromatic rings. The number of anilines is 1. The number of hydrogen-bond acceptors (Lipinski definition) is 5. The van der Waals surface area contributed by atoms with Gasteiger partial charge in [0.25, 0.3) is 11.8 Å². The molecule has 0 aliphatic heterocycles. The van der Waals surface area contributed by atoms with Gasteiger partial charge in [-0.05, 0) is 31.0 Å². The Morgan fingerprint density at radius 3 is 2.33 bits per heavy atom. The molecule has 9 heteroatoms. The summed E-state index contributed by atoms with van der Waals surface area (Å²) >= 11 is 6.19. The number of aromatic nitrogens is 2. The van der Waals surface area contributed by atoms with Crippen LogP contribution in [-0.2, 0) is 0 Å². The number of carboxylic acid groups (broad SMARTS) is 1. The Balaban J connectivity index is 1.73. The minimum absolute atomic E-state index is 0.166. The number of nitrogens with zero attached hydrogens (tertiary/aromatic N) is 2. The summed E-state index contributed by atoms with van der Waals surface area (Å²) in [5.41, 5.74) is -0.144. The molecule has 27 heavy (non-hydrogen) atoms. The predicted octanol–water partition coefficient (Wildman–Crippen LogP) is 2.75. The quantitative estimate of drug-likeness (QED) is 0.724. The standard InChI is InChI=1S/C18H17ClN4O4/c19-13-9-11(5-6-12(13)16(24)22-10-3-1-2-4-10)23-17(25)14-15(18(26)27)21-8-7-20-14/h5-10H,1-4H2,(H,22,24)(H,23,25)(H,26,27). The third-order valence-corrected chi connectivity index (χ3v) is 4.59. The largest absolute Gasteiger partial charge is 0.476 e. The Morgan fingerprint density at radius 1 is 1.04 bits per heavy atom. The molecule has 1 aliphatic rings. The highest BCUT2D eigenvalue weighted by molar-refractivity contribution is 6.34. The number of carboxylic acids is 1. The number of benzene rings is 1. The summed E-state index contributed by atoms with van der Waals surface area (Å²) in [6.07, 6.45) is 6.54. The second kappa shape index (κ2) is 8.13. The maximum Gasteiger partial charge on any atom is 0.356 e. The van der Waals surface area contributed by atoms with E-state index in [1.165, 1.54) is 30.6 Å². The first-order valence-corrected chi connectivity index (χ1v) is 8.79. The van der Waals surface area contributed by atoms with Crippen molar-refractivity contribution in [2.75, 3.05) is 5.32 Å². The normalized spacial score (nSPS) is 14.0. The van der Waals surface area contributed by atoms with Crippen LogP contribution < -0.4 is 10.6 Å². The first-order valence-electron chi connectivity index (χ1n) is 8.42. The van der Waals surface area contributed by atoms with Crippen LogP contribution in [-0.4, -0.2) is 38.9 Å². The van der Waals surface area contributed by atoms with E-state index >= 15 is 0 Å². The number of carbonyl (C=O) groups is 3. The fraction of sp³-hybridized carbons (Fsp3) is 0.278. The van der Waals surface area contributed by atoms with Gasteiger partial charge in [-0.1, -0.05) is 24.4 Å². The van der Waals surface area contributed by atoms with E-state index in [0.717, 1.165) is 25.7 Å². The molecule has 0 saturated heterocycles. The van der Waals surface area contributed by atoms with Crippen molar-refractivity contribution in [2.45, 2.75) is 31.7 Å². The molecule has 1 aliphatic carbocycles. The summed E-state index contributed by atoms with van der Waals surface area (Å²) in [5, 5.41) is 14.7. The van der Waals surface area contributed by atoms with Gasteiger partial charge in [-0.2, -0.15) is 0 Å². The van der Waals surface area contributed by atoms with Gasteiger partial charge in [0.05, 0.1) is 10.6 Å². The molecule has 0 spiro atoms. The fourth-order valence-corrected chi connectivity index (χ4v) is 3.23. The van der Waals surface area contributed by atoms with Crippen LogP contribution in [0.15, 0.2) is 30.6 Å². The van der Waals surface area contributed by atoms with E-state index in [1.807, 2.05) is 0 Å². The van der Waals surface area contributed by atoms with Crippen molar-refractivity contribution in [1.29, 1.82) is 0 Å². The predicted molar refractivity (Wildman–Crippen MR) is 98.1 cm³/mol. The zero-order chi connectivity index (χ0) is 19.4. The van der Waals surface area contributed by atoms with Crippen LogP contribution in [0.5, 0.6) is 0 Å². The van der Waals surface area contributed by atoms with Crippen LogP contribution in [0.4, 0.5) is 5.69 Å². The molecule has 0 radical (unpaired) electrons. The number of aromatic carboxylic acids is 1. The van der Waals surface area contributed by atoms with Crippen molar-refractivity contribution in [3.63, 3.8) is 0 Å². The molecule has 0 atom stereocenters.